The molecule has 1 aliphatic rings. The number of benzene rings is 2. The number of hydrogen-bond acceptors (Lipinski definition) is 6. The standard InChI is InChI=1S/C25H27N3O5S2/c1-15(2)22(24(30)31)28-35(32,33)19-12-10-18(11-13-19)17-8-6-16(7-9-17)14-34-25-26-21-5-3-4-20(21)23(29)27-25/h6-13,15,22,28H,3-5,14H2,1-2H3,(H,30,31)(H,26,27,29)/t22-/m0/s1. The first-order valence-electron chi connectivity index (χ1n) is 11.3. The van der Waals surface area contributed by atoms with Crippen molar-refractivity contribution in [3.8, 4) is 11.1 Å². The lowest BCUT2D eigenvalue weighted by atomic mass is 10.0. The minimum absolute atomic E-state index is 0.0111. The zero-order valence-corrected chi connectivity index (χ0v) is 21.1. The molecule has 0 bridgehead atoms. The highest BCUT2D eigenvalue weighted by molar-refractivity contribution is 7.98. The second kappa shape index (κ2) is 10.3. The summed E-state index contributed by atoms with van der Waals surface area (Å²) in [7, 11) is -3.96. The number of carboxylic acid groups (broad SMARTS) is 1. The summed E-state index contributed by atoms with van der Waals surface area (Å²) >= 11 is 1.49. The largest absolute Gasteiger partial charge is 0.480 e. The van der Waals surface area contributed by atoms with Gasteiger partial charge in [0.1, 0.15) is 6.04 Å². The van der Waals surface area contributed by atoms with Crippen LogP contribution >= 0.6 is 11.8 Å². The molecule has 1 atom stereocenters. The van der Waals surface area contributed by atoms with Crippen LogP contribution in [0.2, 0.25) is 0 Å². The molecule has 0 aliphatic heterocycles. The highest BCUT2D eigenvalue weighted by Crippen LogP contribution is 2.26. The molecule has 3 N–H and O–H groups in total. The minimum Gasteiger partial charge on any atom is -0.480 e. The third-order valence-electron chi connectivity index (χ3n) is 5.96. The number of nitrogens with zero attached hydrogens (tertiary/aromatic N) is 1. The summed E-state index contributed by atoms with van der Waals surface area (Å²) in [6, 6.07) is 13.0. The number of fused-ring (bicyclic) bond motifs is 1. The Morgan fingerprint density at radius 3 is 2.31 bits per heavy atom. The predicted molar refractivity (Wildman–Crippen MR) is 135 cm³/mol. The van der Waals surface area contributed by atoms with Crippen molar-refractivity contribution in [3.05, 3.63) is 75.7 Å². The Morgan fingerprint density at radius 2 is 1.71 bits per heavy atom. The third-order valence-corrected chi connectivity index (χ3v) is 8.36. The fourth-order valence-electron chi connectivity index (χ4n) is 3.97. The van der Waals surface area contributed by atoms with Crippen molar-refractivity contribution in [2.24, 2.45) is 5.92 Å². The number of hydrogen-bond donors (Lipinski definition) is 3. The number of thioether (sulfide) groups is 1. The number of rotatable bonds is 9. The summed E-state index contributed by atoms with van der Waals surface area (Å²) in [5.74, 6) is -0.945. The summed E-state index contributed by atoms with van der Waals surface area (Å²) in [5.41, 5.74) is 4.52. The van der Waals surface area contributed by atoms with Crippen LogP contribution in [0.25, 0.3) is 11.1 Å². The fourth-order valence-corrected chi connectivity index (χ4v) is 6.14. The van der Waals surface area contributed by atoms with Crippen molar-refractivity contribution >= 4 is 27.8 Å². The maximum atomic E-state index is 12.6. The van der Waals surface area contributed by atoms with Crippen molar-refractivity contribution < 1.29 is 18.3 Å². The van der Waals surface area contributed by atoms with Crippen LogP contribution in [-0.4, -0.2) is 35.5 Å². The Labute approximate surface area is 208 Å². The Hall–Kier alpha value is -2.95. The van der Waals surface area contributed by atoms with Crippen molar-refractivity contribution in [1.29, 1.82) is 0 Å². The first-order valence-corrected chi connectivity index (χ1v) is 13.8. The van der Waals surface area contributed by atoms with Gasteiger partial charge in [-0.1, -0.05) is 62.0 Å². The van der Waals surface area contributed by atoms with Gasteiger partial charge in [-0.3, -0.25) is 9.59 Å². The average Bonchev–Trinajstić information content (AvgIpc) is 3.31. The Kier molecular flexibility index (Phi) is 7.44. The van der Waals surface area contributed by atoms with Gasteiger partial charge in [0.25, 0.3) is 5.56 Å². The summed E-state index contributed by atoms with van der Waals surface area (Å²) in [6.45, 7) is 3.29. The van der Waals surface area contributed by atoms with E-state index in [0.29, 0.717) is 10.9 Å². The molecule has 184 valence electrons. The number of carboxylic acids is 1. The van der Waals surface area contributed by atoms with Crippen LogP contribution < -0.4 is 10.3 Å². The van der Waals surface area contributed by atoms with Crippen LogP contribution in [0, 0.1) is 5.92 Å². The monoisotopic (exact) mass is 513 g/mol. The minimum atomic E-state index is -3.96. The average molecular weight is 514 g/mol. The molecule has 0 radical (unpaired) electrons. The lowest BCUT2D eigenvalue weighted by Gasteiger charge is -2.18. The quantitative estimate of drug-likeness (QED) is 0.294. The van der Waals surface area contributed by atoms with Gasteiger partial charge in [0.15, 0.2) is 5.16 Å². The van der Waals surface area contributed by atoms with E-state index in [2.05, 4.69) is 14.7 Å². The van der Waals surface area contributed by atoms with Gasteiger partial charge < -0.3 is 10.1 Å². The van der Waals surface area contributed by atoms with E-state index in [9.17, 15) is 23.1 Å². The molecular formula is C25H27N3O5S2. The van der Waals surface area contributed by atoms with Crippen molar-refractivity contribution in [2.45, 2.75) is 55.0 Å². The highest BCUT2D eigenvalue weighted by Gasteiger charge is 2.28. The van der Waals surface area contributed by atoms with E-state index in [1.807, 2.05) is 24.3 Å². The second-order valence-electron chi connectivity index (χ2n) is 8.84. The lowest BCUT2D eigenvalue weighted by molar-refractivity contribution is -0.140. The molecule has 0 amide bonds. The summed E-state index contributed by atoms with van der Waals surface area (Å²) in [5, 5.41) is 9.91. The summed E-state index contributed by atoms with van der Waals surface area (Å²) in [4.78, 5) is 31.0. The van der Waals surface area contributed by atoms with E-state index in [0.717, 1.165) is 47.2 Å². The molecule has 35 heavy (non-hydrogen) atoms. The predicted octanol–water partition coefficient (Wildman–Crippen LogP) is 3.61. The molecule has 1 aromatic heterocycles. The molecule has 0 saturated carbocycles. The molecule has 0 fully saturated rings. The highest BCUT2D eigenvalue weighted by atomic mass is 32.2. The molecule has 0 unspecified atom stereocenters. The van der Waals surface area contributed by atoms with Crippen molar-refractivity contribution in [2.75, 3.05) is 0 Å². The number of aliphatic carboxylic acids is 1. The van der Waals surface area contributed by atoms with E-state index in [1.54, 1.807) is 26.0 Å². The number of aryl methyl sites for hydroxylation is 1. The van der Waals surface area contributed by atoms with Gasteiger partial charge in [0.05, 0.1) is 10.6 Å². The van der Waals surface area contributed by atoms with Gasteiger partial charge in [-0.05, 0) is 54.0 Å². The van der Waals surface area contributed by atoms with Crippen LogP contribution in [0.15, 0.2) is 63.4 Å². The summed E-state index contributed by atoms with van der Waals surface area (Å²) in [6.07, 6.45) is 2.63. The van der Waals surface area contributed by atoms with Gasteiger partial charge >= 0.3 is 5.97 Å². The van der Waals surface area contributed by atoms with Crippen LogP contribution in [0.5, 0.6) is 0 Å². The molecule has 1 aliphatic carbocycles. The van der Waals surface area contributed by atoms with Gasteiger partial charge in [-0.15, -0.1) is 0 Å². The van der Waals surface area contributed by atoms with Gasteiger partial charge in [-0.25, -0.2) is 13.4 Å². The summed E-state index contributed by atoms with van der Waals surface area (Å²) < 4.78 is 27.5. The molecule has 8 nitrogen and oxygen atoms in total. The first kappa shape index (κ1) is 25.2. The van der Waals surface area contributed by atoms with E-state index in [1.165, 1.54) is 23.9 Å². The van der Waals surface area contributed by atoms with E-state index < -0.39 is 28.0 Å². The number of carbonyl (C=O) groups is 1. The van der Waals surface area contributed by atoms with Crippen LogP contribution in [0.3, 0.4) is 0 Å². The third kappa shape index (κ3) is 5.83. The van der Waals surface area contributed by atoms with Gasteiger partial charge in [0, 0.05) is 11.3 Å². The van der Waals surface area contributed by atoms with E-state index in [4.69, 9.17) is 0 Å². The molecule has 1 heterocycles. The molecule has 4 rings (SSSR count). The molecule has 10 heteroatoms. The molecular weight excluding hydrogens is 486 g/mol. The molecule has 3 aromatic rings. The normalized spacial score (nSPS) is 14.1. The Bertz CT molecular complexity index is 1380. The first-order chi connectivity index (χ1) is 16.6. The lowest BCUT2D eigenvalue weighted by Crippen LogP contribution is -2.44. The van der Waals surface area contributed by atoms with Crippen LogP contribution in [-0.2, 0) is 33.4 Å². The number of H-pyrrole nitrogens is 1. The molecule has 2 aromatic carbocycles. The maximum Gasteiger partial charge on any atom is 0.322 e. The topological polar surface area (TPSA) is 129 Å². The van der Waals surface area contributed by atoms with Crippen LogP contribution in [0.1, 0.15) is 37.1 Å². The number of aromatic nitrogens is 2. The maximum absolute atomic E-state index is 12.6. The SMILES string of the molecule is CC(C)[C@H](NS(=O)(=O)c1ccc(-c2ccc(CSc3nc4c(c(=O)[nH]3)CCC4)cc2)cc1)C(=O)O. The zero-order valence-electron chi connectivity index (χ0n) is 19.4. The Balaban J connectivity index is 1.42. The van der Waals surface area contributed by atoms with Gasteiger partial charge in [0.2, 0.25) is 10.0 Å². The van der Waals surface area contributed by atoms with Crippen LogP contribution in [0.4, 0.5) is 0 Å². The second-order valence-corrected chi connectivity index (χ2v) is 11.5. The molecule has 0 spiro atoms. The fraction of sp³-hybridized carbons (Fsp3) is 0.320. The van der Waals surface area contributed by atoms with Gasteiger partial charge in [-0.2, -0.15) is 4.72 Å². The number of sulfonamides is 1. The smallest absolute Gasteiger partial charge is 0.322 e. The van der Waals surface area contributed by atoms with Crippen molar-refractivity contribution in [3.63, 3.8) is 0 Å². The van der Waals surface area contributed by atoms with E-state index in [-0.39, 0.29) is 10.5 Å². The van der Waals surface area contributed by atoms with E-state index >= 15 is 0 Å². The number of nitrogens with one attached hydrogen (secondary N) is 2. The Morgan fingerprint density at radius 1 is 1.09 bits per heavy atom. The van der Waals surface area contributed by atoms with Crippen molar-refractivity contribution in [1.82, 2.24) is 14.7 Å². The molecule has 0 saturated heterocycles. The number of aromatic amines is 1. The zero-order chi connectivity index (χ0) is 25.2.